The van der Waals surface area contributed by atoms with Crippen LogP contribution in [0.4, 0.5) is 0 Å². The fourth-order valence-electron chi connectivity index (χ4n) is 2.50. The number of nitrogens with one attached hydrogen (secondary N) is 2. The molecule has 18 heavy (non-hydrogen) atoms. The van der Waals surface area contributed by atoms with Gasteiger partial charge in [-0.1, -0.05) is 13.3 Å². The van der Waals surface area contributed by atoms with Crippen LogP contribution in [0.2, 0.25) is 0 Å². The standard InChI is InChI=1S/C14H32N4/c1-3-14(11-15)12-18-10-9-17-7-4-6-16-8-5-13(18)2/h13-14,16-17H,3-12,15H2,1-2H3. The molecule has 0 aliphatic carbocycles. The molecule has 0 spiro atoms. The second-order valence-corrected chi connectivity index (χ2v) is 5.50. The van der Waals surface area contributed by atoms with Crippen LogP contribution >= 0.6 is 0 Å². The predicted molar refractivity (Wildman–Crippen MR) is 78.8 cm³/mol. The van der Waals surface area contributed by atoms with Crippen molar-refractivity contribution in [3.63, 3.8) is 0 Å². The maximum atomic E-state index is 5.84. The molecular weight excluding hydrogens is 224 g/mol. The van der Waals surface area contributed by atoms with Gasteiger partial charge >= 0.3 is 0 Å². The van der Waals surface area contributed by atoms with Gasteiger partial charge in [0, 0.05) is 25.7 Å². The lowest BCUT2D eigenvalue weighted by atomic mass is 10.0. The van der Waals surface area contributed by atoms with Gasteiger partial charge in [-0.15, -0.1) is 0 Å². The summed E-state index contributed by atoms with van der Waals surface area (Å²) in [5.74, 6) is 0.644. The first-order valence-electron chi connectivity index (χ1n) is 7.63. The summed E-state index contributed by atoms with van der Waals surface area (Å²) < 4.78 is 0. The topological polar surface area (TPSA) is 53.3 Å². The van der Waals surface area contributed by atoms with Crippen molar-refractivity contribution in [1.82, 2.24) is 15.5 Å². The zero-order valence-electron chi connectivity index (χ0n) is 12.3. The van der Waals surface area contributed by atoms with Gasteiger partial charge in [-0.05, 0) is 51.9 Å². The SMILES string of the molecule is CCC(CN)CN1CCNCCCNCCC1C. The van der Waals surface area contributed by atoms with Gasteiger partial charge in [0.05, 0.1) is 0 Å². The molecule has 0 aromatic carbocycles. The van der Waals surface area contributed by atoms with Gasteiger partial charge in [0.1, 0.15) is 0 Å². The Morgan fingerprint density at radius 3 is 2.61 bits per heavy atom. The fourth-order valence-corrected chi connectivity index (χ4v) is 2.50. The predicted octanol–water partition coefficient (Wildman–Crippen LogP) is 0.635. The molecule has 4 N–H and O–H groups in total. The largest absolute Gasteiger partial charge is 0.330 e. The van der Waals surface area contributed by atoms with E-state index in [1.54, 1.807) is 0 Å². The van der Waals surface area contributed by atoms with E-state index in [0.29, 0.717) is 12.0 Å². The molecule has 1 aliphatic heterocycles. The molecule has 0 amide bonds. The summed E-state index contributed by atoms with van der Waals surface area (Å²) >= 11 is 0. The van der Waals surface area contributed by atoms with Crippen molar-refractivity contribution < 1.29 is 0 Å². The minimum Gasteiger partial charge on any atom is -0.330 e. The summed E-state index contributed by atoms with van der Waals surface area (Å²) in [6.45, 7) is 12.2. The molecule has 0 bridgehead atoms. The Balaban J connectivity index is 2.46. The fraction of sp³-hybridized carbons (Fsp3) is 1.00. The first-order chi connectivity index (χ1) is 8.77. The van der Waals surface area contributed by atoms with Crippen molar-refractivity contribution in [1.29, 1.82) is 0 Å². The van der Waals surface area contributed by atoms with Crippen LogP contribution in [0.25, 0.3) is 0 Å². The van der Waals surface area contributed by atoms with E-state index in [1.807, 2.05) is 0 Å². The maximum absolute atomic E-state index is 5.84. The Bertz CT molecular complexity index is 194. The van der Waals surface area contributed by atoms with Gasteiger partial charge in [-0.25, -0.2) is 0 Å². The van der Waals surface area contributed by atoms with E-state index in [2.05, 4.69) is 29.4 Å². The van der Waals surface area contributed by atoms with E-state index in [4.69, 9.17) is 5.73 Å². The number of hydrogen-bond acceptors (Lipinski definition) is 4. The third kappa shape index (κ3) is 6.14. The van der Waals surface area contributed by atoms with E-state index in [-0.39, 0.29) is 0 Å². The van der Waals surface area contributed by atoms with Gasteiger partial charge in [-0.3, -0.25) is 4.90 Å². The highest BCUT2D eigenvalue weighted by atomic mass is 15.2. The Morgan fingerprint density at radius 1 is 1.22 bits per heavy atom. The normalized spacial score (nSPS) is 26.5. The molecule has 0 aromatic rings. The molecule has 0 aromatic heterocycles. The van der Waals surface area contributed by atoms with Gasteiger partial charge in [0.15, 0.2) is 0 Å². The van der Waals surface area contributed by atoms with Crippen LogP contribution < -0.4 is 16.4 Å². The second kappa shape index (κ2) is 9.73. The van der Waals surface area contributed by atoms with Crippen molar-refractivity contribution in [3.05, 3.63) is 0 Å². The zero-order valence-corrected chi connectivity index (χ0v) is 12.3. The van der Waals surface area contributed by atoms with Crippen LogP contribution in [-0.4, -0.2) is 56.8 Å². The minimum absolute atomic E-state index is 0.644. The van der Waals surface area contributed by atoms with Crippen LogP contribution in [0.3, 0.4) is 0 Å². The molecule has 1 saturated heterocycles. The van der Waals surface area contributed by atoms with Crippen molar-refractivity contribution in [3.8, 4) is 0 Å². The Morgan fingerprint density at radius 2 is 1.94 bits per heavy atom. The quantitative estimate of drug-likeness (QED) is 0.691. The summed E-state index contributed by atoms with van der Waals surface area (Å²) in [4.78, 5) is 2.61. The molecule has 2 unspecified atom stereocenters. The average molecular weight is 256 g/mol. The van der Waals surface area contributed by atoms with Crippen LogP contribution in [-0.2, 0) is 0 Å². The average Bonchev–Trinajstić information content (AvgIpc) is 2.43. The Labute approximate surface area is 113 Å². The first-order valence-corrected chi connectivity index (χ1v) is 7.63. The van der Waals surface area contributed by atoms with Crippen LogP contribution in [0.15, 0.2) is 0 Å². The summed E-state index contributed by atoms with van der Waals surface area (Å²) in [5.41, 5.74) is 5.84. The summed E-state index contributed by atoms with van der Waals surface area (Å²) in [5, 5.41) is 7.05. The zero-order chi connectivity index (χ0) is 13.2. The molecule has 1 aliphatic rings. The van der Waals surface area contributed by atoms with E-state index < -0.39 is 0 Å². The summed E-state index contributed by atoms with van der Waals surface area (Å²) in [6.07, 6.45) is 3.65. The smallest absolute Gasteiger partial charge is 0.0110 e. The summed E-state index contributed by atoms with van der Waals surface area (Å²) in [7, 11) is 0. The monoisotopic (exact) mass is 256 g/mol. The van der Waals surface area contributed by atoms with Crippen LogP contribution in [0.5, 0.6) is 0 Å². The molecule has 4 nitrogen and oxygen atoms in total. The lowest BCUT2D eigenvalue weighted by Gasteiger charge is -2.32. The van der Waals surface area contributed by atoms with Gasteiger partial charge in [0.25, 0.3) is 0 Å². The lowest BCUT2D eigenvalue weighted by Crippen LogP contribution is -2.43. The highest BCUT2D eigenvalue weighted by Gasteiger charge is 2.17. The molecule has 0 saturated carbocycles. The van der Waals surface area contributed by atoms with Crippen molar-refractivity contribution in [2.45, 2.75) is 39.2 Å². The van der Waals surface area contributed by atoms with Gasteiger partial charge < -0.3 is 16.4 Å². The number of rotatable bonds is 4. The Hall–Kier alpha value is -0.160. The highest BCUT2D eigenvalue weighted by molar-refractivity contribution is 4.74. The van der Waals surface area contributed by atoms with E-state index in [9.17, 15) is 0 Å². The molecule has 1 fully saturated rings. The Kier molecular flexibility index (Phi) is 8.59. The number of nitrogens with two attached hydrogens (primary N) is 1. The lowest BCUT2D eigenvalue weighted by molar-refractivity contribution is 0.170. The van der Waals surface area contributed by atoms with E-state index in [1.165, 1.54) is 19.3 Å². The molecule has 108 valence electrons. The third-order valence-electron chi connectivity index (χ3n) is 4.05. The molecule has 4 heteroatoms. The third-order valence-corrected chi connectivity index (χ3v) is 4.05. The molecule has 2 atom stereocenters. The van der Waals surface area contributed by atoms with Crippen LogP contribution in [0, 0.1) is 5.92 Å². The van der Waals surface area contributed by atoms with Crippen molar-refractivity contribution >= 4 is 0 Å². The molecular formula is C14H32N4. The van der Waals surface area contributed by atoms with Crippen molar-refractivity contribution in [2.24, 2.45) is 11.7 Å². The number of nitrogens with zero attached hydrogens (tertiary/aromatic N) is 1. The van der Waals surface area contributed by atoms with Gasteiger partial charge in [-0.2, -0.15) is 0 Å². The molecule has 0 radical (unpaired) electrons. The second-order valence-electron chi connectivity index (χ2n) is 5.50. The maximum Gasteiger partial charge on any atom is 0.0110 e. The van der Waals surface area contributed by atoms with Crippen LogP contribution in [0.1, 0.15) is 33.1 Å². The summed E-state index contributed by atoms with van der Waals surface area (Å²) in [6, 6.07) is 0.651. The highest BCUT2D eigenvalue weighted by Crippen LogP contribution is 2.09. The van der Waals surface area contributed by atoms with Crippen molar-refractivity contribution in [2.75, 3.05) is 45.8 Å². The van der Waals surface area contributed by atoms with Gasteiger partial charge in [0.2, 0.25) is 0 Å². The first kappa shape index (κ1) is 15.9. The minimum atomic E-state index is 0.644. The molecule has 1 heterocycles. The van der Waals surface area contributed by atoms with E-state index >= 15 is 0 Å². The molecule has 1 rings (SSSR count). The van der Waals surface area contributed by atoms with E-state index in [0.717, 1.165) is 45.8 Å². The number of hydrogen-bond donors (Lipinski definition) is 3.